The van der Waals surface area contributed by atoms with E-state index >= 15 is 0 Å². The monoisotopic (exact) mass is 350 g/mol. The van der Waals surface area contributed by atoms with Crippen molar-refractivity contribution in [1.82, 2.24) is 0 Å². The van der Waals surface area contributed by atoms with E-state index in [1.165, 1.54) is 0 Å². The van der Waals surface area contributed by atoms with Crippen LogP contribution in [-0.4, -0.2) is 28.6 Å². The molecule has 25 heavy (non-hydrogen) atoms. The molecule has 0 heterocycles. The maximum Gasteiger partial charge on any atom is 0.306 e. The van der Waals surface area contributed by atoms with Gasteiger partial charge >= 0.3 is 5.97 Å². The highest BCUT2D eigenvalue weighted by Crippen LogP contribution is 2.29. The minimum atomic E-state index is -0.725. The number of carbonyl (C=O) groups excluding carboxylic acids is 1. The Hall–Kier alpha value is -1.42. The van der Waals surface area contributed by atoms with Gasteiger partial charge in [0.05, 0.1) is 5.92 Å². The number of aliphatic hydroxyl groups excluding tert-OH is 1. The largest absolute Gasteiger partial charge is 0.481 e. The predicted molar refractivity (Wildman–Crippen MR) is 100 cm³/mol. The van der Waals surface area contributed by atoms with Gasteiger partial charge in [0.25, 0.3) is 0 Å². The fraction of sp³-hybridized carbons (Fsp3) is 0.714. The summed E-state index contributed by atoms with van der Waals surface area (Å²) in [6.45, 7) is 2.03. The van der Waals surface area contributed by atoms with Crippen LogP contribution in [0.4, 0.5) is 0 Å². The molecule has 0 fully saturated rings. The number of carboxylic acids is 1. The summed E-state index contributed by atoms with van der Waals surface area (Å²) in [7, 11) is 0. The van der Waals surface area contributed by atoms with Crippen molar-refractivity contribution in [2.24, 2.45) is 17.8 Å². The maximum atomic E-state index is 12.0. The first-order valence-electron chi connectivity index (χ1n) is 9.78. The second-order valence-electron chi connectivity index (χ2n) is 7.18. The molecule has 1 rings (SSSR count). The molecule has 2 N–H and O–H groups in total. The van der Waals surface area contributed by atoms with Crippen LogP contribution in [0.3, 0.4) is 0 Å². The Labute approximate surface area is 152 Å². The smallest absolute Gasteiger partial charge is 0.306 e. The van der Waals surface area contributed by atoms with Gasteiger partial charge in [0.1, 0.15) is 0 Å². The molecule has 0 spiro atoms. The molecule has 0 amide bonds. The van der Waals surface area contributed by atoms with Crippen LogP contribution in [0.1, 0.15) is 71.1 Å². The number of unbranched alkanes of at least 4 members (excludes halogenated alkanes) is 6. The second kappa shape index (κ2) is 12.9. The van der Waals surface area contributed by atoms with E-state index in [4.69, 9.17) is 10.2 Å². The summed E-state index contributed by atoms with van der Waals surface area (Å²) >= 11 is 0. The third-order valence-electron chi connectivity index (χ3n) is 5.02. The molecule has 1 unspecified atom stereocenters. The molecule has 1 aliphatic rings. The molecule has 1 aliphatic carbocycles. The van der Waals surface area contributed by atoms with Gasteiger partial charge in [-0.05, 0) is 38.2 Å². The van der Waals surface area contributed by atoms with Crippen LogP contribution in [0.2, 0.25) is 0 Å². The maximum absolute atomic E-state index is 12.0. The zero-order valence-electron chi connectivity index (χ0n) is 15.5. The third-order valence-corrected chi connectivity index (χ3v) is 5.02. The summed E-state index contributed by atoms with van der Waals surface area (Å²) in [4.78, 5) is 22.8. The van der Waals surface area contributed by atoms with Crippen molar-refractivity contribution in [2.75, 3.05) is 6.61 Å². The Bertz CT molecular complexity index is 453. The molecule has 0 aromatic rings. The Balaban J connectivity index is 2.21. The lowest BCUT2D eigenvalue weighted by molar-refractivity contribution is -0.141. The Morgan fingerprint density at radius 2 is 1.88 bits per heavy atom. The van der Waals surface area contributed by atoms with E-state index in [9.17, 15) is 9.59 Å². The molecule has 0 aliphatic heterocycles. The Kier molecular flexibility index (Phi) is 11.1. The van der Waals surface area contributed by atoms with Gasteiger partial charge in [0.15, 0.2) is 5.78 Å². The summed E-state index contributed by atoms with van der Waals surface area (Å²) in [6, 6.07) is 0. The van der Waals surface area contributed by atoms with Crippen molar-refractivity contribution < 1.29 is 19.8 Å². The van der Waals surface area contributed by atoms with E-state index in [2.05, 4.69) is 12.2 Å². The zero-order valence-corrected chi connectivity index (χ0v) is 15.5. The third kappa shape index (κ3) is 9.01. The summed E-state index contributed by atoms with van der Waals surface area (Å²) in [5.74, 6) is -0.471. The van der Waals surface area contributed by atoms with Gasteiger partial charge in [-0.25, -0.2) is 0 Å². The summed E-state index contributed by atoms with van der Waals surface area (Å²) in [5.41, 5.74) is 0. The Morgan fingerprint density at radius 1 is 1.16 bits per heavy atom. The van der Waals surface area contributed by atoms with E-state index in [0.29, 0.717) is 6.42 Å². The van der Waals surface area contributed by atoms with Crippen LogP contribution in [-0.2, 0) is 9.59 Å². The first-order valence-corrected chi connectivity index (χ1v) is 9.78. The van der Waals surface area contributed by atoms with Crippen LogP contribution < -0.4 is 0 Å². The topological polar surface area (TPSA) is 74.6 Å². The van der Waals surface area contributed by atoms with Gasteiger partial charge in [-0.2, -0.15) is 0 Å². The van der Waals surface area contributed by atoms with Crippen LogP contribution in [0.5, 0.6) is 0 Å². The number of allylic oxidation sites excluding steroid dienone is 4. The predicted octanol–water partition coefficient (Wildman–Crippen LogP) is 4.53. The fourth-order valence-electron chi connectivity index (χ4n) is 3.28. The number of aliphatic hydroxyl groups is 1. The molecule has 0 aromatic heterocycles. The van der Waals surface area contributed by atoms with Crippen LogP contribution in [0, 0.1) is 17.8 Å². The van der Waals surface area contributed by atoms with Gasteiger partial charge in [0.2, 0.25) is 0 Å². The Morgan fingerprint density at radius 3 is 2.60 bits per heavy atom. The number of hydrogen-bond donors (Lipinski definition) is 2. The minimum absolute atomic E-state index is 0.0718. The van der Waals surface area contributed by atoms with Crippen molar-refractivity contribution in [3.63, 3.8) is 0 Å². The number of ketones is 1. The molecule has 0 bridgehead atoms. The van der Waals surface area contributed by atoms with Crippen LogP contribution in [0.25, 0.3) is 0 Å². The molecule has 0 saturated heterocycles. The quantitative estimate of drug-likeness (QED) is 0.356. The number of carbonyl (C=O) groups is 2. The minimum Gasteiger partial charge on any atom is -0.481 e. The van der Waals surface area contributed by atoms with E-state index in [1.807, 2.05) is 6.08 Å². The summed E-state index contributed by atoms with van der Waals surface area (Å²) in [6.07, 6.45) is 17.8. The first kappa shape index (κ1) is 21.6. The number of hydrogen-bond acceptors (Lipinski definition) is 3. The van der Waals surface area contributed by atoms with Gasteiger partial charge in [-0.1, -0.05) is 57.3 Å². The SMILES string of the molecule is CC(CCCCC[C@H]1C(=O)C=C[C@@H]1/C=C/CCCCCCO)C(=O)O. The molecular weight excluding hydrogens is 316 g/mol. The molecule has 4 heteroatoms. The summed E-state index contributed by atoms with van der Waals surface area (Å²) in [5, 5.41) is 17.6. The summed E-state index contributed by atoms with van der Waals surface area (Å²) < 4.78 is 0. The average Bonchev–Trinajstić information content (AvgIpc) is 2.93. The zero-order chi connectivity index (χ0) is 18.5. The lowest BCUT2D eigenvalue weighted by Gasteiger charge is -2.15. The van der Waals surface area contributed by atoms with Crippen molar-refractivity contribution in [3.8, 4) is 0 Å². The van der Waals surface area contributed by atoms with Crippen LogP contribution in [0.15, 0.2) is 24.3 Å². The van der Waals surface area contributed by atoms with Gasteiger partial charge in [-0.3, -0.25) is 9.59 Å². The van der Waals surface area contributed by atoms with Crippen LogP contribution >= 0.6 is 0 Å². The number of rotatable bonds is 14. The van der Waals surface area contributed by atoms with Gasteiger partial charge in [-0.15, -0.1) is 0 Å². The van der Waals surface area contributed by atoms with Crippen molar-refractivity contribution in [2.45, 2.75) is 71.1 Å². The lowest BCUT2D eigenvalue weighted by Crippen LogP contribution is -2.14. The molecule has 3 atom stereocenters. The number of carboxylic acid groups (broad SMARTS) is 1. The molecule has 4 nitrogen and oxygen atoms in total. The second-order valence-corrected chi connectivity index (χ2v) is 7.18. The average molecular weight is 350 g/mol. The molecule has 0 saturated carbocycles. The van der Waals surface area contributed by atoms with E-state index < -0.39 is 5.97 Å². The van der Waals surface area contributed by atoms with E-state index in [1.54, 1.807) is 13.0 Å². The molecule has 0 aromatic carbocycles. The van der Waals surface area contributed by atoms with E-state index in [0.717, 1.165) is 57.8 Å². The van der Waals surface area contributed by atoms with Crippen molar-refractivity contribution >= 4 is 11.8 Å². The molecule has 142 valence electrons. The number of aliphatic carboxylic acids is 1. The standard InChI is InChI=1S/C21H34O4/c1-17(21(24)25)11-7-6-9-13-19-18(14-15-20(19)23)12-8-4-2-3-5-10-16-22/h8,12,14-15,17-19,22H,2-7,9-11,13,16H2,1H3,(H,24,25)/b12-8+/t17?,18-,19+/m0/s1. The highest BCUT2D eigenvalue weighted by atomic mass is 16.4. The highest BCUT2D eigenvalue weighted by molar-refractivity contribution is 5.94. The van der Waals surface area contributed by atoms with Gasteiger partial charge < -0.3 is 10.2 Å². The normalized spacial score (nSPS) is 21.3. The molecule has 0 radical (unpaired) electrons. The molecular formula is C21H34O4. The van der Waals surface area contributed by atoms with E-state index in [-0.39, 0.29) is 30.1 Å². The lowest BCUT2D eigenvalue weighted by atomic mass is 9.88. The van der Waals surface area contributed by atoms with Gasteiger partial charge in [0, 0.05) is 18.4 Å². The first-order chi connectivity index (χ1) is 12.1. The fourth-order valence-corrected chi connectivity index (χ4v) is 3.28. The highest BCUT2D eigenvalue weighted by Gasteiger charge is 2.27. The van der Waals surface area contributed by atoms with Crippen molar-refractivity contribution in [1.29, 1.82) is 0 Å². The van der Waals surface area contributed by atoms with Crippen molar-refractivity contribution in [3.05, 3.63) is 24.3 Å².